The highest BCUT2D eigenvalue weighted by Gasteiger charge is 2.39. The molecule has 2 N–H and O–H groups in total. The van der Waals surface area contributed by atoms with Crippen LogP contribution in [0.5, 0.6) is 0 Å². The summed E-state index contributed by atoms with van der Waals surface area (Å²) in [7, 11) is -3.31. The van der Waals surface area contributed by atoms with Crippen LogP contribution < -0.4 is 10.9 Å². The molecule has 2 aliphatic rings. The Morgan fingerprint density at radius 2 is 2.10 bits per heavy atom. The average Bonchev–Trinajstić information content (AvgIpc) is 3.50. The minimum absolute atomic E-state index is 0.0733. The number of nitriles is 1. The van der Waals surface area contributed by atoms with Crippen LogP contribution in [0.3, 0.4) is 0 Å². The van der Waals surface area contributed by atoms with Crippen LogP contribution in [0.1, 0.15) is 50.6 Å². The number of H-pyrrole nitrogens is 1. The SMILES string of the molecule is C[C@@H]1[C@@H](C)c2cc(Nc3nn([C@@H](CC#N)C4CC4)c4cc[nH]c(=O)c34)ccc2S1(=O)=O. The van der Waals surface area contributed by atoms with E-state index in [1.54, 1.807) is 36.0 Å². The average molecular weight is 438 g/mol. The van der Waals surface area contributed by atoms with Crippen molar-refractivity contribution in [2.24, 2.45) is 5.92 Å². The van der Waals surface area contributed by atoms with Gasteiger partial charge in [0.1, 0.15) is 5.39 Å². The van der Waals surface area contributed by atoms with Crippen molar-refractivity contribution in [3.8, 4) is 6.07 Å². The fourth-order valence-corrected chi connectivity index (χ4v) is 6.48. The molecule has 1 aromatic carbocycles. The number of nitrogens with zero attached hydrogens (tertiary/aromatic N) is 3. The van der Waals surface area contributed by atoms with E-state index in [1.165, 1.54) is 0 Å². The van der Waals surface area contributed by atoms with Crippen LogP contribution in [0.4, 0.5) is 11.5 Å². The van der Waals surface area contributed by atoms with Crippen molar-refractivity contribution >= 4 is 32.2 Å². The molecular formula is C22H23N5O3S. The Balaban J connectivity index is 1.60. The van der Waals surface area contributed by atoms with Crippen molar-refractivity contribution in [3.05, 3.63) is 46.4 Å². The van der Waals surface area contributed by atoms with Gasteiger partial charge in [0.15, 0.2) is 15.7 Å². The molecule has 0 spiro atoms. The van der Waals surface area contributed by atoms with Gasteiger partial charge in [-0.1, -0.05) is 6.92 Å². The molecule has 2 aromatic heterocycles. The number of fused-ring (bicyclic) bond motifs is 2. The number of pyridine rings is 1. The summed E-state index contributed by atoms with van der Waals surface area (Å²) >= 11 is 0. The Kier molecular flexibility index (Phi) is 4.45. The Morgan fingerprint density at radius 1 is 1.32 bits per heavy atom. The molecule has 160 valence electrons. The first-order chi connectivity index (χ1) is 14.8. The second-order valence-electron chi connectivity index (χ2n) is 8.54. The van der Waals surface area contributed by atoms with Gasteiger partial charge in [-0.2, -0.15) is 10.4 Å². The maximum Gasteiger partial charge on any atom is 0.261 e. The molecule has 3 atom stereocenters. The molecule has 31 heavy (non-hydrogen) atoms. The highest BCUT2D eigenvalue weighted by molar-refractivity contribution is 7.92. The molecule has 0 saturated heterocycles. The van der Waals surface area contributed by atoms with Crippen LogP contribution in [-0.4, -0.2) is 28.4 Å². The van der Waals surface area contributed by atoms with E-state index >= 15 is 0 Å². The zero-order chi connectivity index (χ0) is 21.9. The summed E-state index contributed by atoms with van der Waals surface area (Å²) in [6.07, 6.45) is 4.02. The number of hydrogen-bond donors (Lipinski definition) is 2. The summed E-state index contributed by atoms with van der Waals surface area (Å²) < 4.78 is 27.0. The summed E-state index contributed by atoms with van der Waals surface area (Å²) in [5.74, 6) is 0.679. The number of rotatable bonds is 5. The zero-order valence-electron chi connectivity index (χ0n) is 17.3. The minimum Gasteiger partial charge on any atom is -0.338 e. The third-order valence-corrected chi connectivity index (χ3v) is 9.05. The van der Waals surface area contributed by atoms with Gasteiger partial charge in [0, 0.05) is 11.9 Å². The topological polar surface area (TPSA) is 121 Å². The number of anilines is 2. The van der Waals surface area contributed by atoms with Crippen molar-refractivity contribution in [3.63, 3.8) is 0 Å². The number of nitrogens with one attached hydrogen (secondary N) is 2. The van der Waals surface area contributed by atoms with Crippen LogP contribution in [0.15, 0.2) is 40.2 Å². The van der Waals surface area contributed by atoms with E-state index in [-0.39, 0.29) is 17.5 Å². The summed E-state index contributed by atoms with van der Waals surface area (Å²) in [6, 6.07) is 9.14. The van der Waals surface area contributed by atoms with Crippen molar-refractivity contribution in [2.45, 2.75) is 55.2 Å². The van der Waals surface area contributed by atoms with E-state index in [4.69, 9.17) is 5.10 Å². The van der Waals surface area contributed by atoms with Crippen LogP contribution in [0.25, 0.3) is 10.9 Å². The first-order valence-electron chi connectivity index (χ1n) is 10.4. The van der Waals surface area contributed by atoms with Gasteiger partial charge in [0.2, 0.25) is 0 Å². The first kappa shape index (κ1) is 19.8. The normalized spacial score (nSPS) is 22.7. The lowest BCUT2D eigenvalue weighted by Gasteiger charge is -2.14. The van der Waals surface area contributed by atoms with Crippen LogP contribution in [-0.2, 0) is 9.84 Å². The maximum atomic E-state index is 12.6. The van der Waals surface area contributed by atoms with E-state index in [9.17, 15) is 18.5 Å². The molecule has 8 nitrogen and oxygen atoms in total. The molecule has 5 rings (SSSR count). The summed E-state index contributed by atoms with van der Waals surface area (Å²) in [5.41, 5.74) is 1.87. The third kappa shape index (κ3) is 3.05. The summed E-state index contributed by atoms with van der Waals surface area (Å²) in [5, 5.41) is 17.2. The molecule has 1 saturated carbocycles. The molecule has 1 fully saturated rings. The fourth-order valence-electron chi connectivity index (χ4n) is 4.57. The Morgan fingerprint density at radius 3 is 2.81 bits per heavy atom. The molecule has 0 amide bonds. The van der Waals surface area contributed by atoms with Crippen molar-refractivity contribution in [1.29, 1.82) is 5.26 Å². The molecule has 1 aliphatic heterocycles. The number of aromatic amines is 1. The predicted octanol–water partition coefficient (Wildman–Crippen LogP) is 3.61. The molecule has 3 heterocycles. The van der Waals surface area contributed by atoms with Crippen LogP contribution >= 0.6 is 0 Å². The van der Waals surface area contributed by atoms with Gasteiger partial charge < -0.3 is 10.3 Å². The van der Waals surface area contributed by atoms with Crippen LogP contribution in [0.2, 0.25) is 0 Å². The van der Waals surface area contributed by atoms with Crippen molar-refractivity contribution in [1.82, 2.24) is 14.8 Å². The van der Waals surface area contributed by atoms with Gasteiger partial charge in [-0.25, -0.2) is 8.42 Å². The Labute approximate surface area is 179 Å². The molecule has 1 aliphatic carbocycles. The molecule has 0 bridgehead atoms. The van der Waals surface area contributed by atoms with Crippen LogP contribution in [0, 0.1) is 17.2 Å². The number of sulfone groups is 1. The van der Waals surface area contributed by atoms with Gasteiger partial charge in [0.25, 0.3) is 5.56 Å². The number of hydrogen-bond acceptors (Lipinski definition) is 6. The highest BCUT2D eigenvalue weighted by atomic mass is 32.2. The third-order valence-electron chi connectivity index (χ3n) is 6.67. The van der Waals surface area contributed by atoms with Crippen molar-refractivity contribution < 1.29 is 8.42 Å². The second kappa shape index (κ2) is 6.95. The predicted molar refractivity (Wildman–Crippen MR) is 117 cm³/mol. The number of benzene rings is 1. The van der Waals surface area contributed by atoms with Gasteiger partial charge in [-0.15, -0.1) is 0 Å². The molecule has 0 unspecified atom stereocenters. The zero-order valence-corrected chi connectivity index (χ0v) is 18.1. The molecule has 9 heteroatoms. The highest BCUT2D eigenvalue weighted by Crippen LogP contribution is 2.44. The van der Waals surface area contributed by atoms with E-state index in [0.717, 1.165) is 18.4 Å². The van der Waals surface area contributed by atoms with E-state index in [1.807, 2.05) is 13.0 Å². The lowest BCUT2D eigenvalue weighted by atomic mass is 9.98. The maximum absolute atomic E-state index is 12.6. The number of aromatic nitrogens is 3. The summed E-state index contributed by atoms with van der Waals surface area (Å²) in [6.45, 7) is 3.64. The minimum atomic E-state index is -3.31. The van der Waals surface area contributed by atoms with Crippen molar-refractivity contribution in [2.75, 3.05) is 5.32 Å². The fraction of sp³-hybridized carbons (Fsp3) is 0.409. The van der Waals surface area contributed by atoms with E-state index < -0.39 is 15.1 Å². The van der Waals surface area contributed by atoms with E-state index in [2.05, 4.69) is 16.4 Å². The second-order valence-corrected chi connectivity index (χ2v) is 10.8. The van der Waals surface area contributed by atoms with E-state index in [0.29, 0.717) is 39.6 Å². The Bertz CT molecular complexity index is 1390. The monoisotopic (exact) mass is 437 g/mol. The summed E-state index contributed by atoms with van der Waals surface area (Å²) in [4.78, 5) is 15.7. The molecule has 0 radical (unpaired) electrons. The largest absolute Gasteiger partial charge is 0.338 e. The lowest BCUT2D eigenvalue weighted by molar-refractivity contribution is 0.426. The lowest BCUT2D eigenvalue weighted by Crippen LogP contribution is -2.14. The van der Waals surface area contributed by atoms with Gasteiger partial charge in [-0.3, -0.25) is 9.48 Å². The van der Waals surface area contributed by atoms with Gasteiger partial charge in [0.05, 0.1) is 34.2 Å². The molecular weight excluding hydrogens is 414 g/mol. The standard InChI is InChI=1S/C22H23N5O3S/c1-12-13(2)31(29,30)19-6-5-15(11-16(12)19)25-21-20-18(8-10-24-22(20)28)27(26-21)17(7-9-23)14-3-4-14/h5-6,8,10-14,17H,3-4,7H2,1-2H3,(H,24,28)(H,25,26)/t12-,13-,17+/m1/s1. The first-order valence-corrected chi connectivity index (χ1v) is 12.0. The quantitative estimate of drug-likeness (QED) is 0.629. The smallest absolute Gasteiger partial charge is 0.261 e. The van der Waals surface area contributed by atoms with Gasteiger partial charge >= 0.3 is 0 Å². The Hall–Kier alpha value is -3.12. The molecule has 3 aromatic rings. The van der Waals surface area contributed by atoms with Gasteiger partial charge in [-0.05, 0) is 61.4 Å².